The van der Waals surface area contributed by atoms with Crippen LogP contribution >= 0.6 is 0 Å². The summed E-state index contributed by atoms with van der Waals surface area (Å²) in [5, 5.41) is 0. The van der Waals surface area contributed by atoms with E-state index in [4.69, 9.17) is 10.5 Å². The SMILES string of the molecule is NC1c2ccccc2CCC1N1CCOC2CCCCC21. The Labute approximate surface area is 127 Å². The predicted octanol–water partition coefficient (Wildman–Crippen LogP) is 2.64. The lowest BCUT2D eigenvalue weighted by Crippen LogP contribution is -2.59. The Hall–Kier alpha value is -0.900. The Morgan fingerprint density at radius 2 is 1.90 bits per heavy atom. The zero-order valence-corrected chi connectivity index (χ0v) is 12.7. The van der Waals surface area contributed by atoms with Crippen molar-refractivity contribution in [3.63, 3.8) is 0 Å². The Morgan fingerprint density at radius 1 is 1.05 bits per heavy atom. The molecule has 0 amide bonds. The van der Waals surface area contributed by atoms with Crippen LogP contribution in [0.25, 0.3) is 0 Å². The van der Waals surface area contributed by atoms with Crippen molar-refractivity contribution in [2.45, 2.75) is 62.8 Å². The van der Waals surface area contributed by atoms with Gasteiger partial charge in [0.05, 0.1) is 12.7 Å². The summed E-state index contributed by atoms with van der Waals surface area (Å²) in [6, 6.07) is 10.00. The van der Waals surface area contributed by atoms with Gasteiger partial charge in [-0.3, -0.25) is 4.90 Å². The van der Waals surface area contributed by atoms with Crippen molar-refractivity contribution in [2.24, 2.45) is 5.73 Å². The average molecular weight is 286 g/mol. The van der Waals surface area contributed by atoms with Gasteiger partial charge < -0.3 is 10.5 Å². The van der Waals surface area contributed by atoms with Crippen molar-refractivity contribution < 1.29 is 4.74 Å². The number of nitrogens with zero attached hydrogens (tertiary/aromatic N) is 1. The fraction of sp³-hybridized carbons (Fsp3) is 0.667. The van der Waals surface area contributed by atoms with Crippen LogP contribution < -0.4 is 5.73 Å². The van der Waals surface area contributed by atoms with Gasteiger partial charge in [0.2, 0.25) is 0 Å². The summed E-state index contributed by atoms with van der Waals surface area (Å²) in [4.78, 5) is 2.70. The minimum absolute atomic E-state index is 0.163. The number of ether oxygens (including phenoxy) is 1. The molecule has 0 bridgehead atoms. The maximum absolute atomic E-state index is 6.66. The quantitative estimate of drug-likeness (QED) is 0.862. The van der Waals surface area contributed by atoms with E-state index in [1.54, 1.807) is 0 Å². The monoisotopic (exact) mass is 286 g/mol. The van der Waals surface area contributed by atoms with Crippen molar-refractivity contribution in [3.05, 3.63) is 35.4 Å². The molecule has 4 rings (SSSR count). The summed E-state index contributed by atoms with van der Waals surface area (Å²) in [7, 11) is 0. The maximum atomic E-state index is 6.66. The van der Waals surface area contributed by atoms with E-state index in [1.807, 2.05) is 0 Å². The second-order valence-electron chi connectivity index (χ2n) is 6.83. The van der Waals surface area contributed by atoms with Gasteiger partial charge in [-0.2, -0.15) is 0 Å². The average Bonchev–Trinajstić information content (AvgIpc) is 2.55. The van der Waals surface area contributed by atoms with E-state index < -0.39 is 0 Å². The summed E-state index contributed by atoms with van der Waals surface area (Å²) in [5.74, 6) is 0. The van der Waals surface area contributed by atoms with Gasteiger partial charge in [0.25, 0.3) is 0 Å². The predicted molar refractivity (Wildman–Crippen MR) is 84.2 cm³/mol. The second-order valence-corrected chi connectivity index (χ2v) is 6.83. The number of hydrogen-bond acceptors (Lipinski definition) is 3. The fourth-order valence-electron chi connectivity index (χ4n) is 4.69. The van der Waals surface area contributed by atoms with E-state index in [0.717, 1.165) is 13.2 Å². The first kappa shape index (κ1) is 13.7. The molecule has 0 radical (unpaired) electrons. The minimum Gasteiger partial charge on any atom is -0.375 e. The molecule has 2 N–H and O–H groups in total. The molecule has 1 aliphatic heterocycles. The van der Waals surface area contributed by atoms with Gasteiger partial charge in [-0.1, -0.05) is 37.1 Å². The van der Waals surface area contributed by atoms with Gasteiger partial charge in [0, 0.05) is 24.7 Å². The molecule has 0 aromatic heterocycles. The molecule has 1 aromatic carbocycles. The molecule has 4 unspecified atom stereocenters. The van der Waals surface area contributed by atoms with Crippen molar-refractivity contribution in [1.29, 1.82) is 0 Å². The Balaban J connectivity index is 1.58. The van der Waals surface area contributed by atoms with Gasteiger partial charge >= 0.3 is 0 Å². The van der Waals surface area contributed by atoms with Crippen LogP contribution in [0, 0.1) is 0 Å². The van der Waals surface area contributed by atoms with Crippen molar-refractivity contribution in [2.75, 3.05) is 13.2 Å². The van der Waals surface area contributed by atoms with Gasteiger partial charge in [-0.25, -0.2) is 0 Å². The third-order valence-electron chi connectivity index (χ3n) is 5.74. The summed E-state index contributed by atoms with van der Waals surface area (Å²) >= 11 is 0. The molecule has 3 aliphatic rings. The molecule has 3 nitrogen and oxygen atoms in total. The van der Waals surface area contributed by atoms with Gasteiger partial charge in [0.15, 0.2) is 0 Å². The zero-order valence-electron chi connectivity index (χ0n) is 12.7. The highest BCUT2D eigenvalue weighted by atomic mass is 16.5. The lowest BCUT2D eigenvalue weighted by molar-refractivity contribution is -0.107. The zero-order chi connectivity index (χ0) is 14.2. The topological polar surface area (TPSA) is 38.5 Å². The fourth-order valence-corrected chi connectivity index (χ4v) is 4.69. The molecular formula is C18H26N2O. The van der Waals surface area contributed by atoms with Crippen molar-refractivity contribution >= 4 is 0 Å². The van der Waals surface area contributed by atoms with Crippen LogP contribution in [-0.4, -0.2) is 36.2 Å². The maximum Gasteiger partial charge on any atom is 0.0731 e. The first-order chi connectivity index (χ1) is 10.3. The molecule has 2 aliphatic carbocycles. The number of rotatable bonds is 1. The molecule has 1 heterocycles. The summed E-state index contributed by atoms with van der Waals surface area (Å²) in [5.41, 5.74) is 9.48. The molecule has 1 aromatic rings. The van der Waals surface area contributed by atoms with Crippen LogP contribution in [0.5, 0.6) is 0 Å². The number of benzene rings is 1. The Kier molecular flexibility index (Phi) is 3.74. The van der Waals surface area contributed by atoms with Crippen LogP contribution in [0.1, 0.15) is 49.3 Å². The normalized spacial score (nSPS) is 36.8. The summed E-state index contributed by atoms with van der Waals surface area (Å²) < 4.78 is 6.03. The number of nitrogens with two attached hydrogens (primary N) is 1. The number of fused-ring (bicyclic) bond motifs is 2. The third kappa shape index (κ3) is 2.41. The van der Waals surface area contributed by atoms with Crippen LogP contribution in [-0.2, 0) is 11.2 Å². The van der Waals surface area contributed by atoms with E-state index in [-0.39, 0.29) is 6.04 Å². The lowest BCUT2D eigenvalue weighted by atomic mass is 9.81. The molecule has 1 saturated heterocycles. The molecule has 1 saturated carbocycles. The highest BCUT2D eigenvalue weighted by Crippen LogP contribution is 2.37. The molecule has 2 fully saturated rings. The second kappa shape index (κ2) is 5.71. The molecule has 4 atom stereocenters. The largest absolute Gasteiger partial charge is 0.375 e. The molecule has 3 heteroatoms. The lowest BCUT2D eigenvalue weighted by Gasteiger charge is -2.50. The van der Waals surface area contributed by atoms with E-state index in [0.29, 0.717) is 18.2 Å². The first-order valence-corrected chi connectivity index (χ1v) is 8.55. The highest BCUT2D eigenvalue weighted by Gasteiger charge is 2.40. The number of aryl methyl sites for hydroxylation is 1. The molecule has 114 valence electrons. The Bertz CT molecular complexity index is 502. The molecule has 0 spiro atoms. The van der Waals surface area contributed by atoms with E-state index in [9.17, 15) is 0 Å². The van der Waals surface area contributed by atoms with E-state index >= 15 is 0 Å². The number of morpholine rings is 1. The highest BCUT2D eigenvalue weighted by molar-refractivity contribution is 5.33. The first-order valence-electron chi connectivity index (χ1n) is 8.55. The van der Waals surface area contributed by atoms with Gasteiger partial charge in [0.1, 0.15) is 0 Å². The summed E-state index contributed by atoms with van der Waals surface area (Å²) in [6.07, 6.45) is 8.02. The number of hydrogen-bond donors (Lipinski definition) is 1. The van der Waals surface area contributed by atoms with Gasteiger partial charge in [-0.15, -0.1) is 0 Å². The van der Waals surface area contributed by atoms with Crippen molar-refractivity contribution in [3.8, 4) is 0 Å². The molecular weight excluding hydrogens is 260 g/mol. The van der Waals surface area contributed by atoms with Crippen molar-refractivity contribution in [1.82, 2.24) is 4.90 Å². The Morgan fingerprint density at radius 3 is 2.86 bits per heavy atom. The van der Waals surface area contributed by atoms with Crippen LogP contribution in [0.2, 0.25) is 0 Å². The molecule has 21 heavy (non-hydrogen) atoms. The van der Waals surface area contributed by atoms with Gasteiger partial charge in [-0.05, 0) is 36.8 Å². The smallest absolute Gasteiger partial charge is 0.0731 e. The standard InChI is InChI=1S/C18H26N2O/c19-18-14-6-2-1-5-13(14)9-10-16(18)20-11-12-21-17-8-4-3-7-15(17)20/h1-2,5-6,15-18H,3-4,7-12,19H2. The van der Waals surface area contributed by atoms with Crippen LogP contribution in [0.3, 0.4) is 0 Å². The summed E-state index contributed by atoms with van der Waals surface area (Å²) in [6.45, 7) is 1.94. The van der Waals surface area contributed by atoms with E-state index in [1.165, 1.54) is 49.7 Å². The third-order valence-corrected chi connectivity index (χ3v) is 5.74. The van der Waals surface area contributed by atoms with Crippen LogP contribution in [0.15, 0.2) is 24.3 Å². The van der Waals surface area contributed by atoms with E-state index in [2.05, 4.69) is 29.2 Å². The van der Waals surface area contributed by atoms with Crippen LogP contribution in [0.4, 0.5) is 0 Å². The minimum atomic E-state index is 0.163.